The minimum atomic E-state index is 0.760. The van der Waals surface area contributed by atoms with Crippen molar-refractivity contribution < 1.29 is 4.74 Å². The van der Waals surface area contributed by atoms with E-state index in [4.69, 9.17) is 4.74 Å². The Balaban J connectivity index is 1.73. The van der Waals surface area contributed by atoms with Gasteiger partial charge in [0.25, 0.3) is 0 Å². The summed E-state index contributed by atoms with van der Waals surface area (Å²) in [7, 11) is 0. The molecule has 1 saturated carbocycles. The summed E-state index contributed by atoms with van der Waals surface area (Å²) in [5, 5.41) is 0. The van der Waals surface area contributed by atoms with E-state index >= 15 is 0 Å². The average Bonchev–Trinajstić information content (AvgIpc) is 2.56. The van der Waals surface area contributed by atoms with Crippen molar-refractivity contribution in [3.05, 3.63) is 48.0 Å². The quantitative estimate of drug-likeness (QED) is 0.387. The molecule has 1 aromatic carbocycles. The fourth-order valence-corrected chi connectivity index (χ4v) is 3.50. The van der Waals surface area contributed by atoms with E-state index in [0.717, 1.165) is 25.0 Å². The van der Waals surface area contributed by atoms with Gasteiger partial charge in [0, 0.05) is 6.61 Å². The maximum atomic E-state index is 5.74. The number of hydrogen-bond donors (Lipinski definition) is 0. The first-order valence-electron chi connectivity index (χ1n) is 9.11. The second-order valence-corrected chi connectivity index (χ2v) is 6.74. The van der Waals surface area contributed by atoms with Gasteiger partial charge >= 0.3 is 0 Å². The number of allylic oxidation sites excluding steroid dienone is 1. The molecule has 1 fully saturated rings. The first kappa shape index (κ1) is 17.3. The molecule has 0 unspecified atom stereocenters. The van der Waals surface area contributed by atoms with Crippen LogP contribution in [-0.2, 0) is 11.3 Å². The second-order valence-electron chi connectivity index (χ2n) is 6.74. The third kappa shape index (κ3) is 5.61. The second kappa shape index (κ2) is 9.84. The van der Waals surface area contributed by atoms with Gasteiger partial charge in [-0.2, -0.15) is 0 Å². The molecule has 1 nitrogen and oxygen atoms in total. The van der Waals surface area contributed by atoms with Crippen LogP contribution >= 0.6 is 0 Å². The molecular weight excluding hydrogens is 268 g/mol. The fourth-order valence-electron chi connectivity index (χ4n) is 3.50. The van der Waals surface area contributed by atoms with E-state index in [-0.39, 0.29) is 0 Å². The lowest BCUT2D eigenvalue weighted by Crippen LogP contribution is -2.12. The lowest BCUT2D eigenvalue weighted by molar-refractivity contribution is 0.117. The molecule has 122 valence electrons. The van der Waals surface area contributed by atoms with Crippen molar-refractivity contribution in [1.29, 1.82) is 0 Å². The molecule has 0 spiro atoms. The number of hydrogen-bond acceptors (Lipinski definition) is 1. The van der Waals surface area contributed by atoms with E-state index in [1.807, 2.05) is 0 Å². The van der Waals surface area contributed by atoms with Gasteiger partial charge in [0.05, 0.1) is 6.61 Å². The zero-order valence-corrected chi connectivity index (χ0v) is 14.2. The maximum Gasteiger partial charge on any atom is 0.0716 e. The average molecular weight is 300 g/mol. The number of ether oxygens (including phenoxy) is 1. The first-order valence-corrected chi connectivity index (χ1v) is 9.11. The Labute approximate surface area is 136 Å². The number of unbranched alkanes of at least 4 members (excludes halogenated alkanes) is 2. The van der Waals surface area contributed by atoms with Crippen LogP contribution in [0.5, 0.6) is 0 Å². The van der Waals surface area contributed by atoms with E-state index in [1.165, 1.54) is 62.5 Å². The highest BCUT2D eigenvalue weighted by molar-refractivity contribution is 5.25. The fraction of sp³-hybridized carbons (Fsp3) is 0.619. The molecule has 1 heteroatoms. The molecular formula is C21H32O. The monoisotopic (exact) mass is 300 g/mol. The Bertz CT molecular complexity index is 412. The molecule has 0 radical (unpaired) electrons. The lowest BCUT2D eigenvalue weighted by atomic mass is 9.77. The molecule has 2 rings (SSSR count). The molecule has 0 N–H and O–H groups in total. The van der Waals surface area contributed by atoms with Crippen molar-refractivity contribution in [2.24, 2.45) is 5.92 Å². The Morgan fingerprint density at radius 3 is 2.45 bits per heavy atom. The van der Waals surface area contributed by atoms with Gasteiger partial charge in [-0.05, 0) is 61.5 Å². The summed E-state index contributed by atoms with van der Waals surface area (Å²) >= 11 is 0. The molecule has 1 aliphatic carbocycles. The standard InChI is InChI=1S/C21H32O/c1-3-5-6-16-22-17-19-10-14-21(15-11-19)20-12-8-18(7-4-2)9-13-20/h4,10-11,14-15,18,20H,2-3,5-9,12-13,16-17H2,1H3. The zero-order chi connectivity index (χ0) is 15.6. The normalized spacial score (nSPS) is 21.7. The van der Waals surface area contributed by atoms with E-state index < -0.39 is 0 Å². The highest BCUT2D eigenvalue weighted by Gasteiger charge is 2.21. The predicted octanol–water partition coefficient (Wildman–Crippen LogP) is 6.24. The van der Waals surface area contributed by atoms with E-state index in [9.17, 15) is 0 Å². The summed E-state index contributed by atoms with van der Waals surface area (Å²) in [6.07, 6.45) is 12.4. The van der Waals surface area contributed by atoms with Crippen molar-refractivity contribution in [1.82, 2.24) is 0 Å². The van der Waals surface area contributed by atoms with Crippen LogP contribution < -0.4 is 0 Å². The predicted molar refractivity (Wildman–Crippen MR) is 95.1 cm³/mol. The van der Waals surface area contributed by atoms with E-state index in [0.29, 0.717) is 0 Å². The summed E-state index contributed by atoms with van der Waals surface area (Å²) < 4.78 is 5.74. The van der Waals surface area contributed by atoms with Crippen LogP contribution in [0, 0.1) is 5.92 Å². The third-order valence-corrected chi connectivity index (χ3v) is 4.96. The Hall–Kier alpha value is -1.08. The molecule has 0 aromatic heterocycles. The van der Waals surface area contributed by atoms with Gasteiger partial charge in [0.2, 0.25) is 0 Å². The zero-order valence-electron chi connectivity index (χ0n) is 14.2. The molecule has 0 amide bonds. The summed E-state index contributed by atoms with van der Waals surface area (Å²) in [4.78, 5) is 0. The SMILES string of the molecule is C=CCC1CCC(c2ccc(COCCCCC)cc2)CC1. The summed E-state index contributed by atoms with van der Waals surface area (Å²) in [5.41, 5.74) is 2.83. The molecule has 22 heavy (non-hydrogen) atoms. The van der Waals surface area contributed by atoms with Crippen molar-refractivity contribution in [2.75, 3.05) is 6.61 Å². The Kier molecular flexibility index (Phi) is 7.73. The van der Waals surface area contributed by atoms with Gasteiger partial charge in [0.1, 0.15) is 0 Å². The van der Waals surface area contributed by atoms with E-state index in [1.54, 1.807) is 0 Å². The summed E-state index contributed by atoms with van der Waals surface area (Å²) in [5.74, 6) is 1.64. The van der Waals surface area contributed by atoms with Crippen molar-refractivity contribution in [3.8, 4) is 0 Å². The third-order valence-electron chi connectivity index (χ3n) is 4.96. The van der Waals surface area contributed by atoms with Crippen molar-refractivity contribution in [3.63, 3.8) is 0 Å². The van der Waals surface area contributed by atoms with E-state index in [2.05, 4.69) is 43.8 Å². The van der Waals surface area contributed by atoms with Crippen LogP contribution in [0.3, 0.4) is 0 Å². The van der Waals surface area contributed by atoms with Gasteiger partial charge in [-0.25, -0.2) is 0 Å². The highest BCUT2D eigenvalue weighted by atomic mass is 16.5. The van der Waals surface area contributed by atoms with Crippen molar-refractivity contribution >= 4 is 0 Å². The number of benzene rings is 1. The molecule has 0 bridgehead atoms. The molecule has 0 saturated heterocycles. The van der Waals surface area contributed by atoms with Gasteiger partial charge in [0.15, 0.2) is 0 Å². The van der Waals surface area contributed by atoms with Gasteiger partial charge in [-0.15, -0.1) is 6.58 Å². The van der Waals surface area contributed by atoms with Crippen molar-refractivity contribution in [2.45, 2.75) is 70.8 Å². The topological polar surface area (TPSA) is 9.23 Å². The molecule has 0 heterocycles. The lowest BCUT2D eigenvalue weighted by Gasteiger charge is -2.28. The minimum Gasteiger partial charge on any atom is -0.377 e. The first-order chi connectivity index (χ1) is 10.8. The minimum absolute atomic E-state index is 0.760. The van der Waals surface area contributed by atoms with Crippen LogP contribution in [-0.4, -0.2) is 6.61 Å². The summed E-state index contributed by atoms with van der Waals surface area (Å²) in [6, 6.07) is 9.16. The van der Waals surface area contributed by atoms with Gasteiger partial charge in [-0.3, -0.25) is 0 Å². The van der Waals surface area contributed by atoms with Crippen LogP contribution in [0.2, 0.25) is 0 Å². The molecule has 1 aliphatic rings. The summed E-state index contributed by atoms with van der Waals surface area (Å²) in [6.45, 7) is 7.75. The van der Waals surface area contributed by atoms with Crippen LogP contribution in [0.25, 0.3) is 0 Å². The van der Waals surface area contributed by atoms with Gasteiger partial charge < -0.3 is 4.74 Å². The molecule has 1 aromatic rings. The molecule has 0 atom stereocenters. The number of rotatable bonds is 9. The Morgan fingerprint density at radius 1 is 1.09 bits per heavy atom. The molecule has 0 aliphatic heterocycles. The van der Waals surface area contributed by atoms with Crippen LogP contribution in [0.15, 0.2) is 36.9 Å². The largest absolute Gasteiger partial charge is 0.377 e. The Morgan fingerprint density at radius 2 is 1.82 bits per heavy atom. The smallest absolute Gasteiger partial charge is 0.0716 e. The van der Waals surface area contributed by atoms with Crippen LogP contribution in [0.4, 0.5) is 0 Å². The highest BCUT2D eigenvalue weighted by Crippen LogP contribution is 2.37. The van der Waals surface area contributed by atoms with Crippen LogP contribution in [0.1, 0.15) is 75.3 Å². The maximum absolute atomic E-state index is 5.74. The van der Waals surface area contributed by atoms with Gasteiger partial charge in [-0.1, -0.05) is 50.1 Å².